The lowest BCUT2D eigenvalue weighted by molar-refractivity contribution is -0.110. The number of fused-ring (bicyclic) bond motifs is 1. The summed E-state index contributed by atoms with van der Waals surface area (Å²) in [4.78, 5) is 14.1. The summed E-state index contributed by atoms with van der Waals surface area (Å²) >= 11 is 0. The normalized spacial score (nSPS) is 15.0. The van der Waals surface area contributed by atoms with E-state index in [0.717, 1.165) is 22.5 Å². The lowest BCUT2D eigenvalue weighted by Gasteiger charge is -2.11. The smallest absolute Gasteiger partial charge is 0.256 e. The average molecular weight is 280 g/mol. The maximum atomic E-state index is 12.1. The van der Waals surface area contributed by atoms with Crippen LogP contribution in [0.5, 0.6) is 5.75 Å². The molecular weight excluding hydrogens is 264 g/mol. The number of phenols is 1. The lowest BCUT2D eigenvalue weighted by Crippen LogP contribution is -2.08. The maximum absolute atomic E-state index is 12.1. The van der Waals surface area contributed by atoms with Gasteiger partial charge in [-0.1, -0.05) is 12.1 Å². The quantitative estimate of drug-likeness (QED) is 0.657. The fourth-order valence-corrected chi connectivity index (χ4v) is 2.35. The molecular formula is C17H16N2O2. The average Bonchev–Trinajstić information content (AvgIpc) is 2.76. The molecule has 4 heteroatoms. The summed E-state index contributed by atoms with van der Waals surface area (Å²) in [6.45, 7) is 0. The van der Waals surface area contributed by atoms with Crippen LogP contribution >= 0.6 is 0 Å². The van der Waals surface area contributed by atoms with Crippen LogP contribution in [0.2, 0.25) is 0 Å². The van der Waals surface area contributed by atoms with Crippen LogP contribution in [-0.2, 0) is 4.79 Å². The topological polar surface area (TPSA) is 52.6 Å². The first-order valence-corrected chi connectivity index (χ1v) is 6.68. The largest absolute Gasteiger partial charge is 0.508 e. The summed E-state index contributed by atoms with van der Waals surface area (Å²) in [6.07, 6.45) is 1.83. The molecule has 4 nitrogen and oxygen atoms in total. The highest BCUT2D eigenvalue weighted by Crippen LogP contribution is 2.35. The van der Waals surface area contributed by atoms with Crippen molar-refractivity contribution in [2.24, 2.45) is 0 Å². The molecule has 2 N–H and O–H groups in total. The molecule has 1 aliphatic heterocycles. The highest BCUT2D eigenvalue weighted by molar-refractivity contribution is 6.35. The predicted octanol–water partition coefficient (Wildman–Crippen LogP) is 2.95. The van der Waals surface area contributed by atoms with Gasteiger partial charge in [0.25, 0.3) is 5.91 Å². The summed E-state index contributed by atoms with van der Waals surface area (Å²) in [5.74, 6) is 0.00592. The zero-order chi connectivity index (χ0) is 15.0. The van der Waals surface area contributed by atoms with Gasteiger partial charge in [-0.25, -0.2) is 0 Å². The molecule has 1 amide bonds. The van der Waals surface area contributed by atoms with Crippen LogP contribution in [-0.4, -0.2) is 25.1 Å². The number of phenolic OH excluding ortho intramolecular Hbond substituents is 1. The zero-order valence-corrected chi connectivity index (χ0v) is 11.9. The summed E-state index contributed by atoms with van der Waals surface area (Å²) in [6, 6.07) is 12.8. The van der Waals surface area contributed by atoms with E-state index in [1.54, 1.807) is 18.2 Å². The molecule has 0 bridgehead atoms. The van der Waals surface area contributed by atoms with Crippen molar-refractivity contribution in [2.75, 3.05) is 24.3 Å². The first-order chi connectivity index (χ1) is 10.0. The summed E-state index contributed by atoms with van der Waals surface area (Å²) < 4.78 is 0. The molecule has 0 saturated heterocycles. The van der Waals surface area contributed by atoms with Crippen LogP contribution < -0.4 is 10.2 Å². The Bertz CT molecular complexity index is 731. The lowest BCUT2D eigenvalue weighted by atomic mass is 10.0. The zero-order valence-electron chi connectivity index (χ0n) is 11.9. The molecule has 0 aromatic heterocycles. The second-order valence-corrected chi connectivity index (χ2v) is 5.23. The van der Waals surface area contributed by atoms with Crippen molar-refractivity contribution in [2.45, 2.75) is 0 Å². The van der Waals surface area contributed by atoms with Gasteiger partial charge in [-0.05, 0) is 42.0 Å². The van der Waals surface area contributed by atoms with Crippen molar-refractivity contribution in [1.82, 2.24) is 0 Å². The number of hydrogen-bond donors (Lipinski definition) is 2. The van der Waals surface area contributed by atoms with Crippen molar-refractivity contribution >= 4 is 28.9 Å². The van der Waals surface area contributed by atoms with E-state index >= 15 is 0 Å². The third-order valence-corrected chi connectivity index (χ3v) is 3.51. The van der Waals surface area contributed by atoms with E-state index in [-0.39, 0.29) is 11.7 Å². The van der Waals surface area contributed by atoms with Gasteiger partial charge >= 0.3 is 0 Å². The predicted molar refractivity (Wildman–Crippen MR) is 85.4 cm³/mol. The number of nitrogens with one attached hydrogen (secondary N) is 1. The van der Waals surface area contributed by atoms with Gasteiger partial charge in [-0.15, -0.1) is 0 Å². The van der Waals surface area contributed by atoms with Crippen molar-refractivity contribution < 1.29 is 9.90 Å². The SMILES string of the molecule is CN(C)c1ccc(/C=C2/C(=O)Nc3ccc(O)cc32)cc1. The van der Waals surface area contributed by atoms with Gasteiger partial charge in [0.05, 0.1) is 0 Å². The van der Waals surface area contributed by atoms with Gasteiger partial charge in [0, 0.05) is 36.6 Å². The Balaban J connectivity index is 2.00. The summed E-state index contributed by atoms with van der Waals surface area (Å²) in [5.41, 5.74) is 4.08. The third-order valence-electron chi connectivity index (χ3n) is 3.51. The number of nitrogens with zero attached hydrogens (tertiary/aromatic N) is 1. The molecule has 106 valence electrons. The van der Waals surface area contributed by atoms with Gasteiger partial charge in [0.2, 0.25) is 0 Å². The van der Waals surface area contributed by atoms with Crippen LogP contribution in [0.15, 0.2) is 42.5 Å². The van der Waals surface area contributed by atoms with Crippen molar-refractivity contribution in [3.63, 3.8) is 0 Å². The van der Waals surface area contributed by atoms with Crippen LogP contribution in [0.1, 0.15) is 11.1 Å². The molecule has 0 saturated carbocycles. The van der Waals surface area contributed by atoms with E-state index in [4.69, 9.17) is 0 Å². The maximum Gasteiger partial charge on any atom is 0.256 e. The molecule has 1 aliphatic rings. The van der Waals surface area contributed by atoms with Crippen molar-refractivity contribution in [1.29, 1.82) is 0 Å². The van der Waals surface area contributed by atoms with Crippen LogP contribution in [0, 0.1) is 0 Å². The van der Waals surface area contributed by atoms with Gasteiger partial charge in [-0.2, -0.15) is 0 Å². The molecule has 21 heavy (non-hydrogen) atoms. The van der Waals surface area contributed by atoms with E-state index in [1.165, 1.54) is 0 Å². The Hall–Kier alpha value is -2.75. The standard InChI is InChI=1S/C17H16N2O2/c1-19(2)12-5-3-11(4-6-12)9-15-14-10-13(20)7-8-16(14)18-17(15)21/h3-10,20H,1-2H3,(H,18,21)/b15-9+. The molecule has 0 aliphatic carbocycles. The van der Waals surface area contributed by atoms with Gasteiger partial charge < -0.3 is 15.3 Å². The third kappa shape index (κ3) is 2.48. The first kappa shape index (κ1) is 13.2. The number of benzene rings is 2. The molecule has 0 radical (unpaired) electrons. The molecule has 0 unspecified atom stereocenters. The second-order valence-electron chi connectivity index (χ2n) is 5.23. The Morgan fingerprint density at radius 2 is 1.81 bits per heavy atom. The molecule has 1 heterocycles. The first-order valence-electron chi connectivity index (χ1n) is 6.68. The molecule has 3 rings (SSSR count). The van der Waals surface area contributed by atoms with E-state index in [2.05, 4.69) is 5.32 Å². The van der Waals surface area contributed by atoms with Crippen LogP contribution in [0.3, 0.4) is 0 Å². The minimum absolute atomic E-state index is 0.146. The summed E-state index contributed by atoms with van der Waals surface area (Å²) in [5, 5.41) is 12.4. The van der Waals surface area contributed by atoms with E-state index < -0.39 is 0 Å². The van der Waals surface area contributed by atoms with Crippen LogP contribution in [0.25, 0.3) is 11.6 Å². The fraction of sp³-hybridized carbons (Fsp3) is 0.118. The van der Waals surface area contributed by atoms with E-state index in [9.17, 15) is 9.90 Å². The minimum Gasteiger partial charge on any atom is -0.508 e. The van der Waals surface area contributed by atoms with Crippen molar-refractivity contribution in [3.05, 3.63) is 53.6 Å². The molecule has 2 aromatic carbocycles. The Morgan fingerprint density at radius 3 is 2.48 bits per heavy atom. The summed E-state index contributed by atoms with van der Waals surface area (Å²) in [7, 11) is 3.97. The van der Waals surface area contributed by atoms with E-state index in [1.807, 2.05) is 49.3 Å². The number of aromatic hydroxyl groups is 1. The molecule has 0 atom stereocenters. The van der Waals surface area contributed by atoms with Gasteiger partial charge in [0.1, 0.15) is 5.75 Å². The number of carbonyl (C=O) groups excluding carboxylic acids is 1. The Labute approximate surface area is 123 Å². The number of carbonyl (C=O) groups is 1. The number of amides is 1. The highest BCUT2D eigenvalue weighted by Gasteiger charge is 2.24. The Morgan fingerprint density at radius 1 is 1.10 bits per heavy atom. The molecule has 0 fully saturated rings. The number of anilines is 2. The second kappa shape index (κ2) is 4.98. The monoisotopic (exact) mass is 280 g/mol. The molecule has 0 spiro atoms. The number of rotatable bonds is 2. The number of hydrogen-bond acceptors (Lipinski definition) is 3. The fourth-order valence-electron chi connectivity index (χ4n) is 2.35. The van der Waals surface area contributed by atoms with E-state index in [0.29, 0.717) is 5.57 Å². The van der Waals surface area contributed by atoms with Crippen LogP contribution in [0.4, 0.5) is 11.4 Å². The Kier molecular flexibility index (Phi) is 3.14. The molecule has 2 aromatic rings. The van der Waals surface area contributed by atoms with Gasteiger partial charge in [-0.3, -0.25) is 4.79 Å². The minimum atomic E-state index is -0.146. The van der Waals surface area contributed by atoms with Crippen molar-refractivity contribution in [3.8, 4) is 5.75 Å². The highest BCUT2D eigenvalue weighted by atomic mass is 16.3. The van der Waals surface area contributed by atoms with Gasteiger partial charge in [0.15, 0.2) is 0 Å².